The maximum absolute atomic E-state index is 13.0. The first-order valence-electron chi connectivity index (χ1n) is 8.85. The Morgan fingerprint density at radius 2 is 2.04 bits per heavy atom. The summed E-state index contributed by atoms with van der Waals surface area (Å²) in [4.78, 5) is 27.0. The Bertz CT molecular complexity index is 805. The molecule has 4 rings (SSSR count). The molecule has 0 aliphatic carbocycles. The van der Waals surface area contributed by atoms with E-state index in [4.69, 9.17) is 14.2 Å². The van der Waals surface area contributed by atoms with E-state index < -0.39 is 6.10 Å². The highest BCUT2D eigenvalue weighted by Crippen LogP contribution is 2.26. The standard InChI is InChI=1S/C18H22N4O4S/c1-24-15-9-16(25-2)20-18(19-15)22-6-7-26-13(11-22)17(23)21-5-3-14-12(10-21)4-8-27-14/h4,8-9,13H,3,5-7,10-11H2,1-2H3. The molecule has 0 N–H and O–H groups in total. The molecule has 2 aliphatic rings. The summed E-state index contributed by atoms with van der Waals surface area (Å²) in [7, 11) is 3.10. The summed E-state index contributed by atoms with van der Waals surface area (Å²) >= 11 is 1.76. The molecule has 9 heteroatoms. The molecule has 2 aromatic heterocycles. The minimum atomic E-state index is -0.528. The van der Waals surface area contributed by atoms with E-state index in [9.17, 15) is 4.79 Å². The molecule has 2 aromatic rings. The highest BCUT2D eigenvalue weighted by Gasteiger charge is 2.33. The molecule has 1 atom stereocenters. The zero-order chi connectivity index (χ0) is 18.8. The third-order valence-corrected chi connectivity index (χ3v) is 5.85. The summed E-state index contributed by atoms with van der Waals surface area (Å²) in [6, 6.07) is 3.72. The van der Waals surface area contributed by atoms with Crippen LogP contribution in [0.15, 0.2) is 17.5 Å². The van der Waals surface area contributed by atoms with Crippen LogP contribution in [-0.2, 0) is 22.5 Å². The van der Waals surface area contributed by atoms with Gasteiger partial charge in [-0.1, -0.05) is 0 Å². The van der Waals surface area contributed by atoms with Crippen molar-refractivity contribution in [2.75, 3.05) is 45.4 Å². The Morgan fingerprint density at radius 3 is 2.78 bits per heavy atom. The molecule has 2 aliphatic heterocycles. The smallest absolute Gasteiger partial charge is 0.253 e. The van der Waals surface area contributed by atoms with Crippen LogP contribution in [-0.4, -0.2) is 67.3 Å². The van der Waals surface area contributed by atoms with Crippen molar-refractivity contribution in [2.24, 2.45) is 0 Å². The number of hydrogen-bond acceptors (Lipinski definition) is 8. The zero-order valence-electron chi connectivity index (χ0n) is 15.4. The van der Waals surface area contributed by atoms with Crippen LogP contribution in [0.2, 0.25) is 0 Å². The summed E-state index contributed by atoms with van der Waals surface area (Å²) in [5.41, 5.74) is 1.24. The molecule has 27 heavy (non-hydrogen) atoms. The van der Waals surface area contributed by atoms with E-state index in [2.05, 4.69) is 21.4 Å². The van der Waals surface area contributed by atoms with Gasteiger partial charge in [0.05, 0.1) is 33.4 Å². The number of hydrogen-bond donors (Lipinski definition) is 0. The number of thiophene rings is 1. The van der Waals surface area contributed by atoms with Gasteiger partial charge in [-0.15, -0.1) is 11.3 Å². The molecule has 1 saturated heterocycles. The molecule has 1 amide bonds. The SMILES string of the molecule is COc1cc(OC)nc(N2CCOC(C(=O)N3CCc4sccc4C3)C2)n1. The topological polar surface area (TPSA) is 77.0 Å². The summed E-state index contributed by atoms with van der Waals surface area (Å²) in [5.74, 6) is 1.34. The average Bonchev–Trinajstić information content (AvgIpc) is 3.20. The Labute approximate surface area is 161 Å². The third-order valence-electron chi connectivity index (χ3n) is 4.83. The number of carbonyl (C=O) groups is 1. The van der Waals surface area contributed by atoms with E-state index in [0.717, 1.165) is 13.0 Å². The van der Waals surface area contributed by atoms with Gasteiger partial charge in [-0.25, -0.2) is 0 Å². The van der Waals surface area contributed by atoms with Crippen molar-refractivity contribution in [3.05, 3.63) is 28.0 Å². The molecule has 0 saturated carbocycles. The highest BCUT2D eigenvalue weighted by molar-refractivity contribution is 7.10. The fourth-order valence-corrected chi connectivity index (χ4v) is 4.25. The average molecular weight is 390 g/mol. The molecule has 0 radical (unpaired) electrons. The van der Waals surface area contributed by atoms with Gasteiger partial charge in [0.2, 0.25) is 17.7 Å². The maximum atomic E-state index is 13.0. The fourth-order valence-electron chi connectivity index (χ4n) is 3.36. The number of morpholine rings is 1. The second-order valence-corrected chi connectivity index (χ2v) is 7.44. The molecule has 8 nitrogen and oxygen atoms in total. The molecule has 144 valence electrons. The monoisotopic (exact) mass is 390 g/mol. The normalized spacial score (nSPS) is 19.6. The lowest BCUT2D eigenvalue weighted by atomic mass is 10.1. The van der Waals surface area contributed by atoms with Gasteiger partial charge < -0.3 is 24.0 Å². The summed E-state index contributed by atoms with van der Waals surface area (Å²) in [5, 5.41) is 2.09. The van der Waals surface area contributed by atoms with Gasteiger partial charge in [0, 0.05) is 24.5 Å². The number of aromatic nitrogens is 2. The molecular formula is C18H22N4O4S. The number of anilines is 1. The Hall–Kier alpha value is -2.39. The van der Waals surface area contributed by atoms with Crippen LogP contribution < -0.4 is 14.4 Å². The summed E-state index contributed by atoms with van der Waals surface area (Å²) < 4.78 is 16.2. The van der Waals surface area contributed by atoms with Gasteiger partial charge in [-0.3, -0.25) is 4.79 Å². The van der Waals surface area contributed by atoms with Crippen LogP contribution in [0.5, 0.6) is 11.8 Å². The van der Waals surface area contributed by atoms with Crippen LogP contribution in [0.3, 0.4) is 0 Å². The van der Waals surface area contributed by atoms with Crippen LogP contribution >= 0.6 is 11.3 Å². The van der Waals surface area contributed by atoms with Crippen molar-refractivity contribution in [2.45, 2.75) is 19.1 Å². The lowest BCUT2D eigenvalue weighted by Gasteiger charge is -2.36. The lowest BCUT2D eigenvalue weighted by Crippen LogP contribution is -2.52. The van der Waals surface area contributed by atoms with E-state index in [-0.39, 0.29) is 5.91 Å². The van der Waals surface area contributed by atoms with Gasteiger partial charge >= 0.3 is 0 Å². The Kier molecular flexibility index (Phi) is 5.13. The number of amides is 1. The van der Waals surface area contributed by atoms with Crippen LogP contribution in [0.4, 0.5) is 5.95 Å². The predicted octanol–water partition coefficient (Wildman–Crippen LogP) is 1.35. The molecule has 4 heterocycles. The molecule has 0 spiro atoms. The predicted molar refractivity (Wildman–Crippen MR) is 101 cm³/mol. The number of carbonyl (C=O) groups excluding carboxylic acids is 1. The first-order valence-corrected chi connectivity index (χ1v) is 9.73. The van der Waals surface area contributed by atoms with E-state index in [1.165, 1.54) is 10.4 Å². The minimum Gasteiger partial charge on any atom is -0.481 e. The van der Waals surface area contributed by atoms with Crippen LogP contribution in [0.1, 0.15) is 10.4 Å². The van der Waals surface area contributed by atoms with Crippen LogP contribution in [0.25, 0.3) is 0 Å². The molecule has 1 fully saturated rings. The third kappa shape index (κ3) is 3.70. The molecular weight excluding hydrogens is 368 g/mol. The first kappa shape index (κ1) is 18.0. The Morgan fingerprint density at radius 1 is 1.26 bits per heavy atom. The second kappa shape index (κ2) is 7.69. The summed E-state index contributed by atoms with van der Waals surface area (Å²) in [6.07, 6.45) is 0.380. The number of nitrogens with zero attached hydrogens (tertiary/aromatic N) is 4. The van der Waals surface area contributed by atoms with E-state index in [0.29, 0.717) is 43.9 Å². The highest BCUT2D eigenvalue weighted by atomic mass is 32.1. The van der Waals surface area contributed by atoms with Crippen LogP contribution in [0, 0.1) is 0 Å². The van der Waals surface area contributed by atoms with Crippen molar-refractivity contribution in [1.29, 1.82) is 0 Å². The molecule has 0 aromatic carbocycles. The van der Waals surface area contributed by atoms with Crippen molar-refractivity contribution in [3.63, 3.8) is 0 Å². The molecule has 1 unspecified atom stereocenters. The quantitative estimate of drug-likeness (QED) is 0.780. The molecule has 0 bridgehead atoms. The second-order valence-electron chi connectivity index (χ2n) is 6.44. The lowest BCUT2D eigenvalue weighted by molar-refractivity contribution is -0.145. The van der Waals surface area contributed by atoms with Gasteiger partial charge in [-0.05, 0) is 23.4 Å². The first-order chi connectivity index (χ1) is 13.2. The van der Waals surface area contributed by atoms with E-state index >= 15 is 0 Å². The fraction of sp³-hybridized carbons (Fsp3) is 0.500. The number of methoxy groups -OCH3 is 2. The Balaban J connectivity index is 1.47. The largest absolute Gasteiger partial charge is 0.481 e. The van der Waals surface area contributed by atoms with Gasteiger partial charge in [0.1, 0.15) is 0 Å². The minimum absolute atomic E-state index is 0.0198. The van der Waals surface area contributed by atoms with Gasteiger partial charge in [0.15, 0.2) is 6.10 Å². The van der Waals surface area contributed by atoms with E-state index in [1.807, 2.05) is 9.80 Å². The summed E-state index contributed by atoms with van der Waals surface area (Å²) in [6.45, 7) is 2.84. The van der Waals surface area contributed by atoms with Crippen molar-refractivity contribution >= 4 is 23.2 Å². The maximum Gasteiger partial charge on any atom is 0.253 e. The van der Waals surface area contributed by atoms with Crippen molar-refractivity contribution in [1.82, 2.24) is 14.9 Å². The van der Waals surface area contributed by atoms with E-state index in [1.54, 1.807) is 31.6 Å². The number of fused-ring (bicyclic) bond motifs is 1. The number of ether oxygens (including phenoxy) is 3. The number of rotatable bonds is 4. The van der Waals surface area contributed by atoms with Crippen molar-refractivity contribution in [3.8, 4) is 11.8 Å². The van der Waals surface area contributed by atoms with Gasteiger partial charge in [0.25, 0.3) is 5.91 Å². The van der Waals surface area contributed by atoms with Gasteiger partial charge in [-0.2, -0.15) is 9.97 Å². The zero-order valence-corrected chi connectivity index (χ0v) is 16.2. The van der Waals surface area contributed by atoms with Crippen molar-refractivity contribution < 1.29 is 19.0 Å².